The van der Waals surface area contributed by atoms with Crippen LogP contribution in [0.25, 0.3) is 5.69 Å². The standard InChI is InChI=1S/C24H28F2N4O4/c1-24(2,3)34-23(32)29-6-7-33-18(11-29)19(27)22(31)20-15-9-12-8-14(12)21(15)30(28-20)17-5-4-13(25)10-16(17)26/h4-5,10,12,14,18-19H,6-9,11,27H2,1-3H3/t12-,14-,18?,19?/m1/s1. The van der Waals surface area contributed by atoms with Crippen LogP contribution in [0.2, 0.25) is 0 Å². The second-order valence-corrected chi connectivity index (χ2v) is 10.3. The van der Waals surface area contributed by atoms with Gasteiger partial charge in [-0.1, -0.05) is 0 Å². The molecule has 2 aromatic rings. The number of Topliss-reactive ketones (excluding diaryl/α,β-unsaturated/α-hetero) is 1. The largest absolute Gasteiger partial charge is 0.444 e. The Morgan fingerprint density at radius 2 is 2.06 bits per heavy atom. The summed E-state index contributed by atoms with van der Waals surface area (Å²) in [4.78, 5) is 27.4. The second-order valence-electron chi connectivity index (χ2n) is 10.3. The van der Waals surface area contributed by atoms with Crippen LogP contribution >= 0.6 is 0 Å². The summed E-state index contributed by atoms with van der Waals surface area (Å²) in [6.45, 7) is 6.02. The van der Waals surface area contributed by atoms with Crippen LogP contribution in [0.3, 0.4) is 0 Å². The zero-order chi connectivity index (χ0) is 24.4. The lowest BCUT2D eigenvalue weighted by Crippen LogP contribution is -2.55. The van der Waals surface area contributed by atoms with Gasteiger partial charge in [0.2, 0.25) is 5.78 Å². The molecule has 1 aliphatic heterocycles. The van der Waals surface area contributed by atoms with Crippen molar-refractivity contribution in [3.63, 3.8) is 0 Å². The van der Waals surface area contributed by atoms with E-state index in [-0.39, 0.29) is 30.5 Å². The molecule has 0 spiro atoms. The number of carbonyl (C=O) groups is 2. The molecule has 3 aliphatic rings. The molecule has 2 fully saturated rings. The Hall–Kier alpha value is -2.85. The third kappa shape index (κ3) is 4.09. The number of fused-ring (bicyclic) bond motifs is 3. The fourth-order valence-electron chi connectivity index (χ4n) is 4.86. The number of ether oxygens (including phenoxy) is 2. The summed E-state index contributed by atoms with van der Waals surface area (Å²) in [5.41, 5.74) is 7.54. The number of ketones is 1. The van der Waals surface area contributed by atoms with E-state index in [2.05, 4.69) is 5.10 Å². The molecule has 0 bridgehead atoms. The smallest absolute Gasteiger partial charge is 0.410 e. The lowest BCUT2D eigenvalue weighted by atomic mass is 9.99. The van der Waals surface area contributed by atoms with Crippen molar-refractivity contribution >= 4 is 11.9 Å². The van der Waals surface area contributed by atoms with Gasteiger partial charge in [0.05, 0.1) is 31.0 Å². The van der Waals surface area contributed by atoms with E-state index in [9.17, 15) is 18.4 Å². The first-order chi connectivity index (χ1) is 16.0. The average molecular weight is 475 g/mol. The van der Waals surface area contributed by atoms with Crippen LogP contribution in [0.4, 0.5) is 13.6 Å². The maximum absolute atomic E-state index is 14.6. The minimum atomic E-state index is -1.06. The first-order valence-corrected chi connectivity index (χ1v) is 11.5. The van der Waals surface area contributed by atoms with E-state index in [1.165, 1.54) is 21.7 Å². The molecule has 10 heteroatoms. The van der Waals surface area contributed by atoms with Crippen molar-refractivity contribution in [3.05, 3.63) is 46.8 Å². The highest BCUT2D eigenvalue weighted by atomic mass is 19.1. The molecule has 5 rings (SSSR count). The molecular weight excluding hydrogens is 446 g/mol. The molecule has 2 N–H and O–H groups in total. The van der Waals surface area contributed by atoms with Crippen molar-refractivity contribution in [2.45, 2.75) is 57.3 Å². The van der Waals surface area contributed by atoms with Gasteiger partial charge in [-0.05, 0) is 51.7 Å². The number of nitrogens with two attached hydrogens (primary N) is 1. The predicted octanol–water partition coefficient (Wildman–Crippen LogP) is 2.96. The summed E-state index contributed by atoms with van der Waals surface area (Å²) in [6, 6.07) is 2.23. The van der Waals surface area contributed by atoms with Crippen LogP contribution < -0.4 is 5.73 Å². The molecular formula is C24H28F2N4O4. The number of morpholine rings is 1. The minimum absolute atomic E-state index is 0.0999. The van der Waals surface area contributed by atoms with Crippen molar-refractivity contribution in [2.75, 3.05) is 19.7 Å². The van der Waals surface area contributed by atoms with Gasteiger partial charge in [0, 0.05) is 24.1 Å². The number of amides is 1. The Morgan fingerprint density at radius 1 is 1.29 bits per heavy atom. The lowest BCUT2D eigenvalue weighted by molar-refractivity contribution is -0.0471. The monoisotopic (exact) mass is 474 g/mol. The van der Waals surface area contributed by atoms with Gasteiger partial charge in [-0.25, -0.2) is 18.3 Å². The topological polar surface area (TPSA) is 99.7 Å². The number of hydrogen-bond donors (Lipinski definition) is 1. The molecule has 0 radical (unpaired) electrons. The van der Waals surface area contributed by atoms with Gasteiger partial charge in [-0.15, -0.1) is 0 Å². The Bertz CT molecular complexity index is 1160. The molecule has 1 saturated carbocycles. The van der Waals surface area contributed by atoms with E-state index >= 15 is 0 Å². The van der Waals surface area contributed by atoms with Crippen molar-refractivity contribution in [2.24, 2.45) is 11.7 Å². The van der Waals surface area contributed by atoms with Crippen molar-refractivity contribution in [1.29, 1.82) is 0 Å². The van der Waals surface area contributed by atoms with Crippen LogP contribution in [0.15, 0.2) is 18.2 Å². The maximum atomic E-state index is 14.6. The summed E-state index contributed by atoms with van der Waals surface area (Å²) in [7, 11) is 0. The SMILES string of the molecule is CC(C)(C)OC(=O)N1CCOC(C(N)C(=O)c2nn(-c3ccc(F)cc3F)c3c2C[C@H]2C[C@@H]32)C1. The molecule has 34 heavy (non-hydrogen) atoms. The van der Waals surface area contributed by atoms with E-state index in [1.54, 1.807) is 20.8 Å². The van der Waals surface area contributed by atoms with E-state index in [0.717, 1.165) is 23.7 Å². The van der Waals surface area contributed by atoms with Crippen LogP contribution in [0.5, 0.6) is 0 Å². The zero-order valence-electron chi connectivity index (χ0n) is 19.4. The highest BCUT2D eigenvalue weighted by Crippen LogP contribution is 2.57. The van der Waals surface area contributed by atoms with E-state index in [0.29, 0.717) is 18.9 Å². The Labute approximate surface area is 196 Å². The summed E-state index contributed by atoms with van der Waals surface area (Å²) in [6.07, 6.45) is 0.412. The zero-order valence-corrected chi connectivity index (χ0v) is 19.4. The molecule has 4 atom stereocenters. The molecule has 182 valence electrons. The molecule has 2 heterocycles. The Balaban J connectivity index is 1.40. The number of halogens is 2. The van der Waals surface area contributed by atoms with Gasteiger partial charge in [0.25, 0.3) is 0 Å². The first-order valence-electron chi connectivity index (χ1n) is 11.5. The number of nitrogens with zero attached hydrogens (tertiary/aromatic N) is 3. The molecule has 8 nitrogen and oxygen atoms in total. The Morgan fingerprint density at radius 3 is 2.76 bits per heavy atom. The first kappa shape index (κ1) is 22.9. The van der Waals surface area contributed by atoms with Gasteiger partial charge in [0.1, 0.15) is 22.8 Å². The van der Waals surface area contributed by atoms with E-state index in [1.807, 2.05) is 0 Å². The van der Waals surface area contributed by atoms with Gasteiger partial charge >= 0.3 is 6.09 Å². The third-order valence-electron chi connectivity index (χ3n) is 6.58. The number of aromatic nitrogens is 2. The van der Waals surface area contributed by atoms with Crippen LogP contribution in [0, 0.1) is 17.6 Å². The van der Waals surface area contributed by atoms with Crippen molar-refractivity contribution < 1.29 is 27.8 Å². The number of benzene rings is 1. The van der Waals surface area contributed by atoms with Gasteiger partial charge < -0.3 is 20.1 Å². The highest BCUT2D eigenvalue weighted by Gasteiger charge is 2.51. The van der Waals surface area contributed by atoms with Crippen LogP contribution in [0.1, 0.15) is 54.9 Å². The second kappa shape index (κ2) is 8.13. The lowest BCUT2D eigenvalue weighted by Gasteiger charge is -2.35. The normalized spacial score (nSPS) is 24.4. The number of hydrogen-bond acceptors (Lipinski definition) is 6. The summed E-state index contributed by atoms with van der Waals surface area (Å²) >= 11 is 0. The maximum Gasteiger partial charge on any atom is 0.410 e. The number of carbonyl (C=O) groups excluding carboxylic acids is 2. The van der Waals surface area contributed by atoms with Gasteiger partial charge in [0.15, 0.2) is 5.82 Å². The van der Waals surface area contributed by atoms with Gasteiger partial charge in [-0.3, -0.25) is 4.79 Å². The molecule has 1 saturated heterocycles. The van der Waals surface area contributed by atoms with E-state index < -0.39 is 41.3 Å². The highest BCUT2D eigenvalue weighted by molar-refractivity contribution is 6.00. The number of rotatable bonds is 4. The molecule has 2 unspecified atom stereocenters. The third-order valence-corrected chi connectivity index (χ3v) is 6.58. The van der Waals surface area contributed by atoms with E-state index in [4.69, 9.17) is 15.2 Å². The summed E-state index contributed by atoms with van der Waals surface area (Å²) in [5, 5.41) is 4.45. The minimum Gasteiger partial charge on any atom is -0.444 e. The van der Waals surface area contributed by atoms with Crippen LogP contribution in [-0.4, -0.2) is 64.0 Å². The molecule has 1 amide bonds. The predicted molar refractivity (Wildman–Crippen MR) is 118 cm³/mol. The fourth-order valence-corrected chi connectivity index (χ4v) is 4.86. The van der Waals surface area contributed by atoms with Crippen molar-refractivity contribution in [3.8, 4) is 5.69 Å². The Kier molecular flexibility index (Phi) is 5.48. The molecule has 1 aromatic carbocycles. The molecule has 2 aliphatic carbocycles. The van der Waals surface area contributed by atoms with Crippen LogP contribution in [-0.2, 0) is 15.9 Å². The quantitative estimate of drug-likeness (QED) is 0.684. The fraction of sp³-hybridized carbons (Fsp3) is 0.542. The summed E-state index contributed by atoms with van der Waals surface area (Å²) < 4.78 is 40.6. The van der Waals surface area contributed by atoms with Crippen molar-refractivity contribution in [1.82, 2.24) is 14.7 Å². The molecule has 1 aromatic heterocycles. The average Bonchev–Trinajstić information content (AvgIpc) is 3.28. The summed E-state index contributed by atoms with van der Waals surface area (Å²) in [5.74, 6) is -1.25. The van der Waals surface area contributed by atoms with Gasteiger partial charge in [-0.2, -0.15) is 5.10 Å².